The zero-order valence-corrected chi connectivity index (χ0v) is 16.4. The lowest BCUT2D eigenvalue weighted by Crippen LogP contribution is -2.43. The van der Waals surface area contributed by atoms with Gasteiger partial charge >= 0.3 is 6.18 Å². The first-order valence-electron chi connectivity index (χ1n) is 9.29. The van der Waals surface area contributed by atoms with E-state index in [2.05, 4.69) is 20.6 Å². The van der Waals surface area contributed by atoms with Crippen LogP contribution >= 0.6 is 11.3 Å². The topological polar surface area (TPSA) is 86.7 Å². The maximum Gasteiger partial charge on any atom is 0.434 e. The number of fused-ring (bicyclic) bond motifs is 5. The number of thiazole rings is 1. The number of aliphatic imine (C=N–C) groups is 1. The number of allylic oxidation sites excluding steroid dienone is 2. The molecule has 29 heavy (non-hydrogen) atoms. The van der Waals surface area contributed by atoms with Crippen molar-refractivity contribution < 1.29 is 22.8 Å². The van der Waals surface area contributed by atoms with Crippen LogP contribution in [0.25, 0.3) is 0 Å². The van der Waals surface area contributed by atoms with E-state index in [1.54, 1.807) is 0 Å². The monoisotopic (exact) mass is 427 g/mol. The van der Waals surface area contributed by atoms with Gasteiger partial charge in [-0.1, -0.05) is 12.2 Å². The molecule has 3 aliphatic rings. The van der Waals surface area contributed by atoms with Crippen molar-refractivity contribution in [2.24, 2.45) is 28.7 Å². The van der Waals surface area contributed by atoms with Gasteiger partial charge in [-0.2, -0.15) is 13.2 Å². The maximum absolute atomic E-state index is 12.6. The van der Waals surface area contributed by atoms with E-state index >= 15 is 0 Å². The van der Waals surface area contributed by atoms with Crippen LogP contribution in [0.5, 0.6) is 0 Å². The molecule has 4 unspecified atom stereocenters. The molecule has 2 aliphatic carbocycles. The average Bonchev–Trinajstić information content (AvgIpc) is 3.43. The molecule has 2 fully saturated rings. The molecule has 0 spiro atoms. The Hall–Kier alpha value is -2.43. The van der Waals surface area contributed by atoms with Crippen LogP contribution in [0.4, 0.5) is 13.2 Å². The summed E-state index contributed by atoms with van der Waals surface area (Å²) in [6, 6.07) is 0. The first kappa shape index (κ1) is 19.9. The quantitative estimate of drug-likeness (QED) is 0.323. The first-order chi connectivity index (χ1) is 13.8. The third kappa shape index (κ3) is 3.63. The van der Waals surface area contributed by atoms with Crippen molar-refractivity contribution in [1.29, 1.82) is 0 Å². The Kier molecular flexibility index (Phi) is 5.09. The molecule has 0 radical (unpaired) electrons. The number of halogens is 3. The summed E-state index contributed by atoms with van der Waals surface area (Å²) in [4.78, 5) is 34.1. The molecule has 1 aromatic rings. The van der Waals surface area contributed by atoms with Gasteiger partial charge in [0.1, 0.15) is 5.01 Å². The summed E-state index contributed by atoms with van der Waals surface area (Å²) < 4.78 is 37.8. The predicted octanol–water partition coefficient (Wildman–Crippen LogP) is 1.63. The number of aromatic nitrogens is 1. The van der Waals surface area contributed by atoms with Crippen molar-refractivity contribution in [3.05, 3.63) is 28.2 Å². The van der Waals surface area contributed by atoms with E-state index in [-0.39, 0.29) is 53.6 Å². The number of imide groups is 1. The fourth-order valence-electron chi connectivity index (χ4n) is 4.37. The normalized spacial score (nSPS) is 28.4. The van der Waals surface area contributed by atoms with Gasteiger partial charge in [0.05, 0.1) is 18.4 Å². The second-order valence-electron chi connectivity index (χ2n) is 7.30. The largest absolute Gasteiger partial charge is 0.434 e. The minimum absolute atomic E-state index is 0.0845. The summed E-state index contributed by atoms with van der Waals surface area (Å²) in [5, 5.41) is 7.11. The number of amides is 2. The Balaban J connectivity index is 1.26. The molecular formula is C18H20F3N5O2S. The fraction of sp³-hybridized carbons (Fsp3) is 0.556. The smallest absolute Gasteiger partial charge is 0.355 e. The van der Waals surface area contributed by atoms with Crippen molar-refractivity contribution in [2.45, 2.75) is 19.1 Å². The lowest BCUT2D eigenvalue weighted by Gasteiger charge is -2.18. The molecule has 7 nitrogen and oxygen atoms in total. The summed E-state index contributed by atoms with van der Waals surface area (Å²) in [6.07, 6.45) is 0.528. The summed E-state index contributed by atoms with van der Waals surface area (Å²) in [5.74, 6) is 0.0516. The van der Waals surface area contributed by atoms with E-state index in [0.29, 0.717) is 12.5 Å². The second kappa shape index (κ2) is 7.43. The van der Waals surface area contributed by atoms with Gasteiger partial charge in [-0.05, 0) is 18.3 Å². The molecule has 2 amide bonds. The molecule has 2 heterocycles. The van der Waals surface area contributed by atoms with Gasteiger partial charge in [-0.3, -0.25) is 19.5 Å². The highest BCUT2D eigenvalue weighted by molar-refractivity contribution is 7.09. The molecule has 1 aliphatic heterocycles. The van der Waals surface area contributed by atoms with Gasteiger partial charge in [0.15, 0.2) is 11.7 Å². The molecule has 1 saturated heterocycles. The Morgan fingerprint density at radius 1 is 1.24 bits per heavy atom. The lowest BCUT2D eigenvalue weighted by molar-refractivity contribution is -0.141. The van der Waals surface area contributed by atoms with E-state index in [0.717, 1.165) is 23.1 Å². The Bertz CT molecular complexity index is 851. The molecule has 0 aromatic carbocycles. The predicted molar refractivity (Wildman–Crippen MR) is 99.8 cm³/mol. The highest BCUT2D eigenvalue weighted by atomic mass is 32.1. The van der Waals surface area contributed by atoms with Gasteiger partial charge in [0.2, 0.25) is 11.8 Å². The molecule has 4 atom stereocenters. The van der Waals surface area contributed by atoms with Gasteiger partial charge < -0.3 is 10.6 Å². The van der Waals surface area contributed by atoms with E-state index in [4.69, 9.17) is 0 Å². The first-order valence-corrected chi connectivity index (χ1v) is 10.2. The highest BCUT2D eigenvalue weighted by Gasteiger charge is 2.58. The molecule has 156 valence electrons. The second-order valence-corrected chi connectivity index (χ2v) is 8.25. The number of hydrogen-bond donors (Lipinski definition) is 2. The van der Waals surface area contributed by atoms with Crippen molar-refractivity contribution in [3.8, 4) is 0 Å². The SMILES string of the molecule is CN=C(NCCN1C(=O)C2C3C=CC(C3)C2C1=O)NCc1nc(C(F)(F)F)cs1. The number of nitrogens with one attached hydrogen (secondary N) is 2. The number of guanidine groups is 1. The maximum atomic E-state index is 12.6. The number of rotatable bonds is 5. The lowest BCUT2D eigenvalue weighted by atomic mass is 9.85. The zero-order chi connectivity index (χ0) is 20.8. The molecule has 11 heteroatoms. The minimum atomic E-state index is -4.46. The fourth-order valence-corrected chi connectivity index (χ4v) is 5.11. The van der Waals surface area contributed by atoms with E-state index in [1.165, 1.54) is 11.9 Å². The van der Waals surface area contributed by atoms with Crippen molar-refractivity contribution >= 4 is 29.1 Å². The van der Waals surface area contributed by atoms with E-state index in [9.17, 15) is 22.8 Å². The highest BCUT2D eigenvalue weighted by Crippen LogP contribution is 2.52. The third-order valence-corrected chi connectivity index (χ3v) is 6.51. The minimum Gasteiger partial charge on any atom is -0.355 e. The molecule has 1 aromatic heterocycles. The Morgan fingerprint density at radius 3 is 2.45 bits per heavy atom. The number of carbonyl (C=O) groups is 2. The number of alkyl halides is 3. The van der Waals surface area contributed by atoms with Crippen molar-refractivity contribution in [3.63, 3.8) is 0 Å². The molecule has 2 N–H and O–H groups in total. The summed E-state index contributed by atoms with van der Waals surface area (Å²) >= 11 is 0.909. The van der Waals surface area contributed by atoms with Crippen LogP contribution < -0.4 is 10.6 Å². The van der Waals surface area contributed by atoms with Crippen LogP contribution in [-0.2, 0) is 22.3 Å². The summed E-state index contributed by atoms with van der Waals surface area (Å²) in [6.45, 7) is 0.604. The van der Waals surface area contributed by atoms with Gasteiger partial charge in [0.25, 0.3) is 0 Å². The van der Waals surface area contributed by atoms with Crippen LogP contribution in [0, 0.1) is 23.7 Å². The third-order valence-electron chi connectivity index (χ3n) is 5.66. The van der Waals surface area contributed by atoms with E-state index in [1.807, 2.05) is 12.2 Å². The Morgan fingerprint density at radius 2 is 1.90 bits per heavy atom. The van der Waals surface area contributed by atoms with Crippen molar-refractivity contribution in [1.82, 2.24) is 20.5 Å². The Labute approximate surface area is 169 Å². The molecule has 2 bridgehead atoms. The van der Waals surface area contributed by atoms with Gasteiger partial charge in [0, 0.05) is 25.5 Å². The number of likely N-dealkylation sites (tertiary alicyclic amines) is 1. The van der Waals surface area contributed by atoms with Crippen LogP contribution in [0.15, 0.2) is 22.5 Å². The molecule has 1 saturated carbocycles. The van der Waals surface area contributed by atoms with Gasteiger partial charge in [-0.15, -0.1) is 11.3 Å². The zero-order valence-electron chi connectivity index (χ0n) is 15.6. The number of carbonyl (C=O) groups excluding carboxylic acids is 2. The van der Waals surface area contributed by atoms with Crippen LogP contribution in [0.2, 0.25) is 0 Å². The van der Waals surface area contributed by atoms with Gasteiger partial charge in [-0.25, -0.2) is 4.98 Å². The van der Waals surface area contributed by atoms with Crippen LogP contribution in [0.1, 0.15) is 17.1 Å². The van der Waals surface area contributed by atoms with Crippen LogP contribution in [-0.4, -0.2) is 47.8 Å². The number of hydrogen-bond acceptors (Lipinski definition) is 5. The van der Waals surface area contributed by atoms with Crippen LogP contribution in [0.3, 0.4) is 0 Å². The molecular weight excluding hydrogens is 407 g/mol. The molecule has 4 rings (SSSR count). The summed E-state index contributed by atoms with van der Waals surface area (Å²) in [7, 11) is 1.53. The van der Waals surface area contributed by atoms with Crippen molar-refractivity contribution in [2.75, 3.05) is 20.1 Å². The standard InChI is InChI=1S/C18H20F3N5O2S/c1-22-17(24-7-12-25-11(8-29-12)18(19,20)21)23-4-5-26-15(27)13-9-2-3-10(6-9)14(13)16(26)28/h2-3,8-10,13-14H,4-7H2,1H3,(H2,22,23,24). The number of nitrogens with zero attached hydrogens (tertiary/aromatic N) is 3. The summed E-state index contributed by atoms with van der Waals surface area (Å²) in [5.41, 5.74) is -0.915. The van der Waals surface area contributed by atoms with E-state index < -0.39 is 11.9 Å². The average molecular weight is 427 g/mol.